The Morgan fingerprint density at radius 2 is 2.06 bits per heavy atom. The summed E-state index contributed by atoms with van der Waals surface area (Å²) in [5.41, 5.74) is 0. The second-order valence-corrected chi connectivity index (χ2v) is 5.70. The number of halogens is 1. The summed E-state index contributed by atoms with van der Waals surface area (Å²) < 4.78 is 0. The average Bonchev–Trinajstić information content (AvgIpc) is 2.88. The number of fused-ring (bicyclic) bond motifs is 2. The molecule has 2 bridgehead atoms. The van der Waals surface area contributed by atoms with Crippen LogP contribution >= 0.6 is 23.7 Å². The Kier molecular flexibility index (Phi) is 4.07. The van der Waals surface area contributed by atoms with E-state index in [1.54, 1.807) is 0 Å². The van der Waals surface area contributed by atoms with Crippen molar-refractivity contribution in [2.24, 2.45) is 0 Å². The molecule has 2 aliphatic heterocycles. The summed E-state index contributed by atoms with van der Waals surface area (Å²) in [6, 6.07) is 5.44. The first-order valence-corrected chi connectivity index (χ1v) is 6.79. The highest BCUT2D eigenvalue weighted by molar-refractivity contribution is 7.12. The highest BCUT2D eigenvalue weighted by atomic mass is 35.5. The second-order valence-electron chi connectivity index (χ2n) is 4.76. The molecule has 1 amide bonds. The molecule has 0 spiro atoms. The van der Waals surface area contributed by atoms with Crippen molar-refractivity contribution in [3.8, 4) is 0 Å². The zero-order valence-corrected chi connectivity index (χ0v) is 11.2. The molecular weight excluding hydrogens is 256 g/mol. The zero-order valence-electron chi connectivity index (χ0n) is 9.52. The summed E-state index contributed by atoms with van der Waals surface area (Å²) in [4.78, 5) is 12.7. The van der Waals surface area contributed by atoms with Crippen LogP contribution in [-0.2, 0) is 0 Å². The summed E-state index contributed by atoms with van der Waals surface area (Å²) in [5.74, 6) is 0.0984. The standard InChI is InChI=1S/C12H16N2OS.ClH/c15-12(11-2-1-5-16-11)14-10-6-8-3-4-9(7-10)13-8;/h1-2,5,8-10,13H,3-4,6-7H2,(H,14,15);1H. The van der Waals surface area contributed by atoms with Crippen LogP contribution in [0.5, 0.6) is 0 Å². The molecule has 3 heterocycles. The van der Waals surface area contributed by atoms with E-state index in [9.17, 15) is 4.79 Å². The minimum absolute atomic E-state index is 0. The molecule has 1 aromatic rings. The quantitative estimate of drug-likeness (QED) is 0.867. The van der Waals surface area contributed by atoms with Crippen LogP contribution in [-0.4, -0.2) is 24.0 Å². The summed E-state index contributed by atoms with van der Waals surface area (Å²) in [7, 11) is 0. The van der Waals surface area contributed by atoms with Gasteiger partial charge in [-0.2, -0.15) is 0 Å². The Morgan fingerprint density at radius 3 is 2.65 bits per heavy atom. The Bertz CT molecular complexity index is 370. The van der Waals surface area contributed by atoms with Crippen LogP contribution in [0.2, 0.25) is 0 Å². The molecule has 3 rings (SSSR count). The maximum atomic E-state index is 11.9. The lowest BCUT2D eigenvalue weighted by Gasteiger charge is -2.29. The topological polar surface area (TPSA) is 41.1 Å². The number of amides is 1. The van der Waals surface area contributed by atoms with Gasteiger partial charge in [0.25, 0.3) is 5.91 Å². The molecule has 3 nitrogen and oxygen atoms in total. The lowest BCUT2D eigenvalue weighted by molar-refractivity contribution is 0.0928. The van der Waals surface area contributed by atoms with Gasteiger partial charge < -0.3 is 10.6 Å². The molecule has 2 atom stereocenters. The van der Waals surface area contributed by atoms with Gasteiger partial charge in [0.15, 0.2) is 0 Å². The van der Waals surface area contributed by atoms with E-state index >= 15 is 0 Å². The van der Waals surface area contributed by atoms with Crippen molar-refractivity contribution in [1.29, 1.82) is 0 Å². The molecule has 94 valence electrons. The lowest BCUT2D eigenvalue weighted by atomic mass is 10.00. The monoisotopic (exact) mass is 272 g/mol. The van der Waals surface area contributed by atoms with Crippen molar-refractivity contribution < 1.29 is 4.79 Å². The van der Waals surface area contributed by atoms with Gasteiger partial charge in [-0.3, -0.25) is 4.79 Å². The molecular formula is C12H17ClN2OS. The molecule has 5 heteroatoms. The smallest absolute Gasteiger partial charge is 0.261 e. The number of carbonyl (C=O) groups is 1. The van der Waals surface area contributed by atoms with Crippen molar-refractivity contribution >= 4 is 29.7 Å². The number of nitrogens with one attached hydrogen (secondary N) is 2. The Labute approximate surface area is 111 Å². The van der Waals surface area contributed by atoms with Gasteiger partial charge in [-0.1, -0.05) is 6.07 Å². The lowest BCUT2D eigenvalue weighted by Crippen LogP contribution is -2.47. The summed E-state index contributed by atoms with van der Waals surface area (Å²) in [6.45, 7) is 0. The fourth-order valence-corrected chi connectivity index (χ4v) is 3.47. The number of rotatable bonds is 2. The van der Waals surface area contributed by atoms with E-state index < -0.39 is 0 Å². The van der Waals surface area contributed by atoms with E-state index in [2.05, 4.69) is 10.6 Å². The zero-order chi connectivity index (χ0) is 11.0. The van der Waals surface area contributed by atoms with E-state index in [1.165, 1.54) is 24.2 Å². The number of hydrogen-bond donors (Lipinski definition) is 2. The van der Waals surface area contributed by atoms with Crippen LogP contribution in [0, 0.1) is 0 Å². The number of hydrogen-bond acceptors (Lipinski definition) is 3. The average molecular weight is 273 g/mol. The maximum absolute atomic E-state index is 11.9. The van der Waals surface area contributed by atoms with E-state index in [1.807, 2.05) is 17.5 Å². The first-order valence-electron chi connectivity index (χ1n) is 5.91. The van der Waals surface area contributed by atoms with Gasteiger partial charge >= 0.3 is 0 Å². The predicted molar refractivity (Wildman–Crippen MR) is 72.0 cm³/mol. The fraction of sp³-hybridized carbons (Fsp3) is 0.583. The summed E-state index contributed by atoms with van der Waals surface area (Å²) >= 11 is 1.51. The van der Waals surface area contributed by atoms with E-state index in [-0.39, 0.29) is 18.3 Å². The minimum Gasteiger partial charge on any atom is -0.348 e. The van der Waals surface area contributed by atoms with E-state index in [0.29, 0.717) is 18.1 Å². The van der Waals surface area contributed by atoms with E-state index in [4.69, 9.17) is 0 Å². The van der Waals surface area contributed by atoms with Crippen molar-refractivity contribution in [1.82, 2.24) is 10.6 Å². The Morgan fingerprint density at radius 1 is 1.35 bits per heavy atom. The normalized spacial score (nSPS) is 30.7. The third kappa shape index (κ3) is 2.81. The van der Waals surface area contributed by atoms with Gasteiger partial charge in [0.1, 0.15) is 0 Å². The van der Waals surface area contributed by atoms with Crippen LogP contribution < -0.4 is 10.6 Å². The van der Waals surface area contributed by atoms with Crippen LogP contribution in [0.25, 0.3) is 0 Å². The van der Waals surface area contributed by atoms with Crippen molar-refractivity contribution in [3.05, 3.63) is 22.4 Å². The number of carbonyl (C=O) groups excluding carboxylic acids is 1. The van der Waals surface area contributed by atoms with Crippen molar-refractivity contribution in [2.75, 3.05) is 0 Å². The molecule has 2 N–H and O–H groups in total. The van der Waals surface area contributed by atoms with Crippen LogP contribution in [0.15, 0.2) is 17.5 Å². The van der Waals surface area contributed by atoms with Crippen LogP contribution in [0.3, 0.4) is 0 Å². The molecule has 2 saturated heterocycles. The van der Waals surface area contributed by atoms with Crippen molar-refractivity contribution in [3.63, 3.8) is 0 Å². The molecule has 2 fully saturated rings. The predicted octanol–water partition coefficient (Wildman–Crippen LogP) is 2.18. The molecule has 2 aliphatic rings. The molecule has 0 radical (unpaired) electrons. The largest absolute Gasteiger partial charge is 0.348 e. The van der Waals surface area contributed by atoms with Gasteiger partial charge in [-0.15, -0.1) is 23.7 Å². The van der Waals surface area contributed by atoms with E-state index in [0.717, 1.165) is 17.7 Å². The highest BCUT2D eigenvalue weighted by Crippen LogP contribution is 2.27. The third-order valence-electron chi connectivity index (χ3n) is 3.55. The van der Waals surface area contributed by atoms with Crippen LogP contribution in [0.4, 0.5) is 0 Å². The number of piperidine rings is 1. The van der Waals surface area contributed by atoms with Gasteiger partial charge in [0.05, 0.1) is 4.88 Å². The third-order valence-corrected chi connectivity index (χ3v) is 4.42. The molecule has 0 aromatic carbocycles. The second kappa shape index (κ2) is 5.38. The first-order chi connectivity index (χ1) is 7.81. The Balaban J connectivity index is 0.00000108. The summed E-state index contributed by atoms with van der Waals surface area (Å²) in [6.07, 6.45) is 4.73. The Hall–Kier alpha value is -0.580. The van der Waals surface area contributed by atoms with Gasteiger partial charge in [0, 0.05) is 18.1 Å². The van der Waals surface area contributed by atoms with Crippen LogP contribution in [0.1, 0.15) is 35.4 Å². The number of thiophene rings is 1. The SMILES string of the molecule is Cl.O=C(NC1CC2CCC(C1)N2)c1cccs1. The minimum atomic E-state index is 0. The van der Waals surface area contributed by atoms with Crippen molar-refractivity contribution in [2.45, 2.75) is 43.8 Å². The molecule has 17 heavy (non-hydrogen) atoms. The van der Waals surface area contributed by atoms with Gasteiger partial charge in [0.2, 0.25) is 0 Å². The molecule has 0 aliphatic carbocycles. The van der Waals surface area contributed by atoms with Gasteiger partial charge in [-0.05, 0) is 37.1 Å². The fourth-order valence-electron chi connectivity index (χ4n) is 2.84. The van der Waals surface area contributed by atoms with Gasteiger partial charge in [-0.25, -0.2) is 0 Å². The summed E-state index contributed by atoms with van der Waals surface area (Å²) in [5, 5.41) is 8.68. The molecule has 2 unspecified atom stereocenters. The molecule has 0 saturated carbocycles. The first kappa shape index (κ1) is 12.9. The highest BCUT2D eigenvalue weighted by Gasteiger charge is 2.34. The maximum Gasteiger partial charge on any atom is 0.261 e. The molecule has 1 aromatic heterocycles.